The van der Waals surface area contributed by atoms with Crippen LogP contribution in [0.5, 0.6) is 5.75 Å². The second kappa shape index (κ2) is 10.5. The van der Waals surface area contributed by atoms with Gasteiger partial charge < -0.3 is 25.7 Å². The van der Waals surface area contributed by atoms with Gasteiger partial charge in [-0.1, -0.05) is 29.3 Å². The maximum atomic E-state index is 6.95. The van der Waals surface area contributed by atoms with E-state index in [2.05, 4.69) is 29.8 Å². The summed E-state index contributed by atoms with van der Waals surface area (Å²) >= 11 is 12.5. The number of hydrogen-bond donors (Lipinski definition) is 2. The van der Waals surface area contributed by atoms with Gasteiger partial charge in [0.2, 0.25) is 0 Å². The van der Waals surface area contributed by atoms with E-state index >= 15 is 0 Å². The zero-order chi connectivity index (χ0) is 27.9. The first-order valence-corrected chi connectivity index (χ1v) is 13.4. The van der Waals surface area contributed by atoms with Gasteiger partial charge in [-0.2, -0.15) is 0 Å². The third-order valence-corrected chi connectivity index (χ3v) is 7.60. The molecular weight excluding hydrogens is 551 g/mol. The van der Waals surface area contributed by atoms with Crippen LogP contribution in [0.25, 0.3) is 22.6 Å². The molecule has 1 fully saturated rings. The number of hydrogen-bond acceptors (Lipinski definition) is 10. The Bertz CT molecular complexity index is 1710. The van der Waals surface area contributed by atoms with Gasteiger partial charge in [-0.05, 0) is 48.7 Å². The fourth-order valence-electron chi connectivity index (χ4n) is 5.14. The van der Waals surface area contributed by atoms with Crippen molar-refractivity contribution in [3.8, 4) is 17.1 Å². The molecule has 1 aliphatic heterocycles. The number of halogens is 2. The summed E-state index contributed by atoms with van der Waals surface area (Å²) in [4.78, 5) is 29.0. The molecule has 40 heavy (non-hydrogen) atoms. The molecule has 1 saturated heterocycles. The molecule has 0 saturated carbocycles. The van der Waals surface area contributed by atoms with Crippen LogP contribution < -0.4 is 21.1 Å². The smallest absolute Gasteiger partial charge is 0.171 e. The minimum Gasteiger partial charge on any atom is -0.494 e. The molecule has 11 nitrogen and oxygen atoms in total. The topological polar surface area (TPSA) is 147 Å². The number of pyridine rings is 3. The van der Waals surface area contributed by atoms with Gasteiger partial charge in [0, 0.05) is 13.1 Å². The van der Waals surface area contributed by atoms with Crippen molar-refractivity contribution >= 4 is 45.9 Å². The molecule has 6 rings (SSSR count). The first-order chi connectivity index (χ1) is 19.3. The van der Waals surface area contributed by atoms with Crippen molar-refractivity contribution in [2.45, 2.75) is 24.9 Å². The highest BCUT2D eigenvalue weighted by molar-refractivity contribution is 6.31. The van der Waals surface area contributed by atoms with Crippen LogP contribution in [0.1, 0.15) is 24.1 Å². The first kappa shape index (κ1) is 26.2. The second-order valence-corrected chi connectivity index (χ2v) is 10.5. The summed E-state index contributed by atoms with van der Waals surface area (Å²) in [5.74, 6) is 0.820. The minimum atomic E-state index is -0.673. The van der Waals surface area contributed by atoms with Crippen LogP contribution in [-0.4, -0.2) is 54.7 Å². The Morgan fingerprint density at radius 3 is 2.73 bits per heavy atom. The summed E-state index contributed by atoms with van der Waals surface area (Å²) in [6.45, 7) is 1.80. The molecule has 0 unspecified atom stereocenters. The van der Waals surface area contributed by atoms with Crippen LogP contribution in [0, 0.1) is 0 Å². The average molecular weight is 577 g/mol. The molecule has 5 aromatic rings. The SMILES string of the molecule is COc1ccc(-c2cc(Cn3cnc4c(N)ncnc43)c(N3CCC[C@](N)(c4cccc(Cl)n4)C3)cn2)nc1Cl. The average Bonchev–Trinajstić information content (AvgIpc) is 3.37. The molecule has 0 aromatic carbocycles. The Morgan fingerprint density at radius 2 is 1.93 bits per heavy atom. The molecule has 1 atom stereocenters. The maximum Gasteiger partial charge on any atom is 0.171 e. The van der Waals surface area contributed by atoms with E-state index in [1.54, 1.807) is 25.6 Å². The maximum absolute atomic E-state index is 6.95. The number of anilines is 2. The van der Waals surface area contributed by atoms with E-state index in [4.69, 9.17) is 44.4 Å². The molecule has 204 valence electrons. The van der Waals surface area contributed by atoms with E-state index in [-0.39, 0.29) is 5.15 Å². The number of piperidine rings is 1. The predicted molar refractivity (Wildman–Crippen MR) is 154 cm³/mol. The highest BCUT2D eigenvalue weighted by Crippen LogP contribution is 2.35. The van der Waals surface area contributed by atoms with Crippen LogP contribution >= 0.6 is 23.2 Å². The normalized spacial score (nSPS) is 17.4. The van der Waals surface area contributed by atoms with E-state index in [1.165, 1.54) is 6.33 Å². The van der Waals surface area contributed by atoms with Gasteiger partial charge in [-0.15, -0.1) is 0 Å². The third-order valence-electron chi connectivity index (χ3n) is 7.12. The van der Waals surface area contributed by atoms with Crippen molar-refractivity contribution in [2.24, 2.45) is 5.73 Å². The Hall–Kier alpha value is -4.06. The highest BCUT2D eigenvalue weighted by Gasteiger charge is 2.35. The number of methoxy groups -OCH3 is 1. The lowest BCUT2D eigenvalue weighted by Crippen LogP contribution is -2.52. The van der Waals surface area contributed by atoms with Gasteiger partial charge >= 0.3 is 0 Å². The van der Waals surface area contributed by atoms with E-state index in [1.807, 2.05) is 35.0 Å². The van der Waals surface area contributed by atoms with E-state index in [0.717, 1.165) is 36.3 Å². The fraction of sp³-hybridized carbons (Fsp3) is 0.259. The summed E-state index contributed by atoms with van der Waals surface area (Å²) < 4.78 is 7.20. The van der Waals surface area contributed by atoms with Crippen LogP contribution in [0.2, 0.25) is 10.3 Å². The van der Waals surface area contributed by atoms with Gasteiger partial charge in [-0.3, -0.25) is 4.98 Å². The molecule has 6 heterocycles. The number of aromatic nitrogens is 7. The quantitative estimate of drug-likeness (QED) is 0.283. The second-order valence-electron chi connectivity index (χ2n) is 9.72. The van der Waals surface area contributed by atoms with Crippen molar-refractivity contribution in [3.05, 3.63) is 76.8 Å². The minimum absolute atomic E-state index is 0.262. The molecule has 0 amide bonds. The summed E-state index contributed by atoms with van der Waals surface area (Å²) in [6, 6.07) is 11.2. The molecular formula is C27H26Cl2N10O. The predicted octanol–water partition coefficient (Wildman–Crippen LogP) is 4.08. The zero-order valence-corrected chi connectivity index (χ0v) is 23.1. The molecule has 4 N–H and O–H groups in total. The third kappa shape index (κ3) is 4.87. The fourth-order valence-corrected chi connectivity index (χ4v) is 5.54. The molecule has 13 heteroatoms. The van der Waals surface area contributed by atoms with Gasteiger partial charge in [0.1, 0.15) is 17.0 Å². The van der Waals surface area contributed by atoms with E-state index < -0.39 is 5.54 Å². The standard InChI is InChI=1S/C27H26Cl2N10O/c1-40-20-7-6-17(36-24(20)29)18-10-16(12-39-15-35-23-25(30)33-14-34-26(23)39)19(11-32-18)38-9-3-8-27(31,13-38)21-4-2-5-22(28)37-21/h2,4-7,10-11,14-15H,3,8-9,12-13,31H2,1H3,(H2,30,33,34)/t27-/m1/s1. The monoisotopic (exact) mass is 576 g/mol. The molecule has 5 aromatic heterocycles. The number of fused-ring (bicyclic) bond motifs is 1. The van der Waals surface area contributed by atoms with E-state index in [0.29, 0.717) is 52.4 Å². The molecule has 1 aliphatic rings. The molecule has 0 radical (unpaired) electrons. The zero-order valence-electron chi connectivity index (χ0n) is 21.6. The number of nitrogen functional groups attached to an aromatic ring is 1. The number of nitrogens with zero attached hydrogens (tertiary/aromatic N) is 8. The Kier molecular flexibility index (Phi) is 6.87. The van der Waals surface area contributed by atoms with Crippen LogP contribution in [0.4, 0.5) is 11.5 Å². The van der Waals surface area contributed by atoms with Crippen molar-refractivity contribution in [1.29, 1.82) is 0 Å². The van der Waals surface area contributed by atoms with E-state index in [9.17, 15) is 0 Å². The van der Waals surface area contributed by atoms with Gasteiger partial charge in [0.25, 0.3) is 0 Å². The number of imidazole rings is 1. The van der Waals surface area contributed by atoms with Crippen LogP contribution in [0.3, 0.4) is 0 Å². The summed E-state index contributed by atoms with van der Waals surface area (Å²) in [7, 11) is 1.55. The van der Waals surface area contributed by atoms with Crippen molar-refractivity contribution in [3.63, 3.8) is 0 Å². The lowest BCUT2D eigenvalue weighted by Gasteiger charge is -2.41. The van der Waals surface area contributed by atoms with Crippen molar-refractivity contribution in [2.75, 3.05) is 30.8 Å². The molecule has 0 aliphatic carbocycles. The largest absolute Gasteiger partial charge is 0.494 e. The van der Waals surface area contributed by atoms with Gasteiger partial charge in [-0.25, -0.2) is 24.9 Å². The lowest BCUT2D eigenvalue weighted by atomic mass is 9.86. The molecule has 0 spiro atoms. The summed E-state index contributed by atoms with van der Waals surface area (Å²) in [5.41, 5.74) is 17.5. The number of rotatable bonds is 6. The number of ether oxygens (including phenoxy) is 1. The Balaban J connectivity index is 1.42. The first-order valence-electron chi connectivity index (χ1n) is 12.6. The highest BCUT2D eigenvalue weighted by atomic mass is 35.5. The Labute approximate surface area is 240 Å². The van der Waals surface area contributed by atoms with Crippen molar-refractivity contribution < 1.29 is 4.74 Å². The summed E-state index contributed by atoms with van der Waals surface area (Å²) in [6.07, 6.45) is 6.66. The van der Waals surface area contributed by atoms with Crippen LogP contribution in [-0.2, 0) is 12.1 Å². The Morgan fingerprint density at radius 1 is 1.05 bits per heavy atom. The van der Waals surface area contributed by atoms with Gasteiger partial charge in [0.05, 0.1) is 54.5 Å². The molecule has 0 bridgehead atoms. The lowest BCUT2D eigenvalue weighted by molar-refractivity contribution is 0.345. The summed E-state index contributed by atoms with van der Waals surface area (Å²) in [5, 5.41) is 0.684. The number of nitrogens with two attached hydrogens (primary N) is 2. The van der Waals surface area contributed by atoms with Crippen LogP contribution in [0.15, 0.2) is 55.2 Å². The van der Waals surface area contributed by atoms with Crippen molar-refractivity contribution in [1.82, 2.24) is 34.5 Å². The van der Waals surface area contributed by atoms with Gasteiger partial charge in [0.15, 0.2) is 22.4 Å².